The van der Waals surface area contributed by atoms with Gasteiger partial charge in [-0.25, -0.2) is 3.11 Å². The van der Waals surface area contributed by atoms with Gasteiger partial charge in [0.2, 0.25) is 0 Å². The molecule has 14 heavy (non-hydrogen) atoms. The predicted molar refractivity (Wildman–Crippen MR) is 65.1 cm³/mol. The Morgan fingerprint density at radius 1 is 1.07 bits per heavy atom. The molecule has 2 heterocycles. The Morgan fingerprint density at radius 2 is 1.71 bits per heavy atom. The Morgan fingerprint density at radius 3 is 2.43 bits per heavy atom. The van der Waals surface area contributed by atoms with Crippen molar-refractivity contribution < 1.29 is 0 Å². The zero-order valence-electron chi connectivity index (χ0n) is 8.76. The van der Waals surface area contributed by atoms with Crippen LogP contribution in [0.4, 0.5) is 0 Å². The number of nitrogens with one attached hydrogen (secondary N) is 1. The first-order valence-electron chi connectivity index (χ1n) is 5.05. The minimum absolute atomic E-state index is 1.14. The van der Waals surface area contributed by atoms with Crippen molar-refractivity contribution in [1.82, 2.24) is 18.7 Å². The zero-order chi connectivity index (χ0) is 10.1. The lowest BCUT2D eigenvalue weighted by molar-refractivity contribution is 0.170. The summed E-state index contributed by atoms with van der Waals surface area (Å²) in [5, 5.41) is 4.29. The minimum atomic E-state index is 1.14. The van der Waals surface area contributed by atoms with Crippen molar-refractivity contribution in [2.75, 3.05) is 27.2 Å². The highest BCUT2D eigenvalue weighted by Crippen LogP contribution is 2.26. The third-order valence-electron chi connectivity index (χ3n) is 2.85. The fourth-order valence-electron chi connectivity index (χ4n) is 2.11. The second-order valence-electron chi connectivity index (χ2n) is 3.87. The maximum atomic E-state index is 3.30. The van der Waals surface area contributed by atoms with Crippen LogP contribution in [-0.4, -0.2) is 40.3 Å². The van der Waals surface area contributed by atoms with Crippen molar-refractivity contribution >= 4 is 22.9 Å². The van der Waals surface area contributed by atoms with Crippen LogP contribution in [0.25, 0.3) is 0 Å². The van der Waals surface area contributed by atoms with E-state index in [1.807, 2.05) is 0 Å². The number of nitrogens with zero attached hydrogens (tertiary/aromatic N) is 3. The van der Waals surface area contributed by atoms with E-state index in [9.17, 15) is 0 Å². The van der Waals surface area contributed by atoms with Gasteiger partial charge in [-0.3, -0.25) is 10.0 Å². The first-order chi connectivity index (χ1) is 6.68. The van der Waals surface area contributed by atoms with Gasteiger partial charge in [-0.1, -0.05) is 0 Å². The van der Waals surface area contributed by atoms with Crippen LogP contribution in [0.5, 0.6) is 0 Å². The van der Waals surface area contributed by atoms with E-state index >= 15 is 0 Å². The van der Waals surface area contributed by atoms with E-state index in [4.69, 9.17) is 0 Å². The van der Waals surface area contributed by atoms with Crippen LogP contribution in [-0.2, 0) is 0 Å². The van der Waals surface area contributed by atoms with Gasteiger partial charge in [0.05, 0.1) is 11.4 Å². The van der Waals surface area contributed by atoms with E-state index in [1.54, 1.807) is 0 Å². The molecule has 0 saturated heterocycles. The highest BCUT2D eigenvalue weighted by atomic mass is 127. The lowest BCUT2D eigenvalue weighted by Crippen LogP contribution is -2.36. The molecule has 0 aromatic carbocycles. The van der Waals surface area contributed by atoms with Crippen LogP contribution in [0.2, 0.25) is 0 Å². The van der Waals surface area contributed by atoms with E-state index in [-0.39, 0.29) is 0 Å². The van der Waals surface area contributed by atoms with Gasteiger partial charge in [-0.2, -0.15) is 0 Å². The van der Waals surface area contributed by atoms with E-state index < -0.39 is 0 Å². The van der Waals surface area contributed by atoms with Crippen LogP contribution in [0, 0.1) is 0 Å². The van der Waals surface area contributed by atoms with Crippen LogP contribution >= 0.6 is 22.9 Å². The van der Waals surface area contributed by atoms with Crippen molar-refractivity contribution in [2.24, 2.45) is 0 Å². The maximum absolute atomic E-state index is 3.30. The standard InChI is InChI=1S/C9H17IN4/c1-12-8-4-3-6-14(10)7-5-9(8)13(2)11-12/h11H,3-7H2,1-2H3. The van der Waals surface area contributed by atoms with Crippen LogP contribution in [0.3, 0.4) is 0 Å². The molecule has 2 aliphatic rings. The van der Waals surface area contributed by atoms with Gasteiger partial charge < -0.3 is 0 Å². The number of halogens is 1. The molecule has 5 heteroatoms. The molecule has 1 N–H and O–H groups in total. The first kappa shape index (κ1) is 10.5. The number of hydrogen-bond acceptors (Lipinski definition) is 4. The first-order valence-corrected chi connectivity index (χ1v) is 6.01. The summed E-state index contributed by atoms with van der Waals surface area (Å²) in [6, 6.07) is 0. The molecule has 0 unspecified atom stereocenters. The summed E-state index contributed by atoms with van der Waals surface area (Å²) in [5.74, 6) is 0. The molecular weight excluding hydrogens is 291 g/mol. The molecule has 4 nitrogen and oxygen atoms in total. The highest BCUT2D eigenvalue weighted by molar-refractivity contribution is 14.1. The Bertz CT molecular complexity index is 253. The van der Waals surface area contributed by atoms with E-state index in [0.29, 0.717) is 0 Å². The average Bonchev–Trinajstić information content (AvgIpc) is 2.34. The van der Waals surface area contributed by atoms with Gasteiger partial charge in [0, 0.05) is 56.5 Å². The second kappa shape index (κ2) is 4.24. The smallest absolute Gasteiger partial charge is 0.0527 e. The number of rotatable bonds is 0. The lowest BCUT2D eigenvalue weighted by atomic mass is 10.1. The van der Waals surface area contributed by atoms with Crippen molar-refractivity contribution in [2.45, 2.75) is 19.3 Å². The third kappa shape index (κ3) is 1.99. The van der Waals surface area contributed by atoms with Gasteiger partial charge in [0.15, 0.2) is 0 Å². The quantitative estimate of drug-likeness (QED) is 0.538. The van der Waals surface area contributed by atoms with Crippen molar-refractivity contribution in [1.29, 1.82) is 0 Å². The molecule has 0 saturated carbocycles. The van der Waals surface area contributed by atoms with Crippen molar-refractivity contribution in [3.63, 3.8) is 0 Å². The summed E-state index contributed by atoms with van der Waals surface area (Å²) in [5.41, 5.74) is 6.22. The predicted octanol–water partition coefficient (Wildman–Crippen LogP) is 1.33. The third-order valence-corrected chi connectivity index (χ3v) is 3.81. The molecule has 0 fully saturated rings. The molecule has 0 bridgehead atoms. The summed E-state index contributed by atoms with van der Waals surface area (Å²) in [7, 11) is 4.19. The molecular formula is C9H17IN4. The van der Waals surface area contributed by atoms with E-state index in [0.717, 1.165) is 13.0 Å². The Hall–Kier alpha value is -0.0100. The Labute approximate surface area is 99.3 Å². The maximum Gasteiger partial charge on any atom is 0.0527 e. The molecule has 80 valence electrons. The fourth-order valence-corrected chi connectivity index (χ4v) is 2.70. The molecule has 2 aliphatic heterocycles. The Balaban J connectivity index is 2.15. The summed E-state index contributed by atoms with van der Waals surface area (Å²) in [6.45, 7) is 2.36. The second-order valence-corrected chi connectivity index (χ2v) is 5.24. The van der Waals surface area contributed by atoms with E-state index in [2.05, 4.69) is 55.6 Å². The molecule has 0 spiro atoms. The molecule has 0 radical (unpaired) electrons. The van der Waals surface area contributed by atoms with Crippen LogP contribution in [0.15, 0.2) is 11.4 Å². The largest absolute Gasteiger partial charge is 0.296 e. The van der Waals surface area contributed by atoms with Gasteiger partial charge in [-0.15, -0.1) is 5.53 Å². The van der Waals surface area contributed by atoms with Gasteiger partial charge >= 0.3 is 0 Å². The molecule has 0 aromatic heterocycles. The summed E-state index contributed by atoms with van der Waals surface area (Å²) in [4.78, 5) is 0. The number of hydrazine groups is 2. The summed E-state index contributed by atoms with van der Waals surface area (Å²) < 4.78 is 2.38. The minimum Gasteiger partial charge on any atom is -0.296 e. The van der Waals surface area contributed by atoms with Gasteiger partial charge in [-0.05, 0) is 12.8 Å². The van der Waals surface area contributed by atoms with Gasteiger partial charge in [0.1, 0.15) is 0 Å². The average molecular weight is 308 g/mol. The molecule has 0 aromatic rings. The summed E-state index contributed by atoms with van der Waals surface area (Å²) in [6.07, 6.45) is 3.58. The lowest BCUT2D eigenvalue weighted by Gasteiger charge is -2.20. The Kier molecular flexibility index (Phi) is 3.18. The fraction of sp³-hybridized carbons (Fsp3) is 0.778. The van der Waals surface area contributed by atoms with Crippen molar-refractivity contribution in [3.05, 3.63) is 11.4 Å². The molecule has 0 atom stereocenters. The topological polar surface area (TPSA) is 21.8 Å². The SMILES string of the molecule is CN1NN(C)C2=C1CCCN(I)CC2. The molecule has 0 amide bonds. The monoisotopic (exact) mass is 308 g/mol. The number of hydrogen-bond donors (Lipinski definition) is 1. The normalized spacial score (nSPS) is 25.1. The van der Waals surface area contributed by atoms with Crippen molar-refractivity contribution in [3.8, 4) is 0 Å². The molecule has 2 rings (SSSR count). The van der Waals surface area contributed by atoms with Crippen LogP contribution in [0.1, 0.15) is 19.3 Å². The zero-order valence-corrected chi connectivity index (χ0v) is 10.9. The van der Waals surface area contributed by atoms with Crippen LogP contribution < -0.4 is 5.53 Å². The summed E-state index contributed by atoms with van der Waals surface area (Å²) >= 11 is 2.42. The molecule has 0 aliphatic carbocycles. The number of allylic oxidation sites excluding steroid dienone is 1. The van der Waals surface area contributed by atoms with Gasteiger partial charge in [0.25, 0.3) is 0 Å². The van der Waals surface area contributed by atoms with E-state index in [1.165, 1.54) is 30.8 Å². The highest BCUT2D eigenvalue weighted by Gasteiger charge is 2.24.